The summed E-state index contributed by atoms with van der Waals surface area (Å²) in [6, 6.07) is 0.750. The van der Waals surface area contributed by atoms with Crippen molar-refractivity contribution in [2.75, 3.05) is 7.11 Å². The van der Waals surface area contributed by atoms with E-state index in [1.54, 1.807) is 0 Å². The Bertz CT molecular complexity index is 314. The first-order chi connectivity index (χ1) is 5.57. The predicted octanol–water partition coefficient (Wildman–Crippen LogP) is 2.40. The molecule has 0 aliphatic carbocycles. The average molecular weight is 194 g/mol. The van der Waals surface area contributed by atoms with Crippen LogP contribution in [0.4, 0.5) is 13.2 Å². The molecule has 0 aromatic heterocycles. The molecule has 0 atom stereocenters. The van der Waals surface area contributed by atoms with Crippen molar-refractivity contribution in [1.82, 2.24) is 0 Å². The van der Waals surface area contributed by atoms with Crippen LogP contribution in [0.2, 0.25) is 0 Å². The normalized spacial score (nSPS) is 10.1. The highest BCUT2D eigenvalue weighted by molar-refractivity contribution is 7.80. The average Bonchev–Trinajstić information content (AvgIpc) is 2.01. The number of hydrogen-bond acceptors (Lipinski definition) is 2. The van der Waals surface area contributed by atoms with E-state index in [2.05, 4.69) is 17.4 Å². The van der Waals surface area contributed by atoms with Gasteiger partial charge in [-0.1, -0.05) is 0 Å². The fourth-order valence-corrected chi connectivity index (χ4v) is 0.965. The van der Waals surface area contributed by atoms with Crippen molar-refractivity contribution >= 4 is 12.6 Å². The van der Waals surface area contributed by atoms with Gasteiger partial charge in [-0.3, -0.25) is 0 Å². The van der Waals surface area contributed by atoms with Gasteiger partial charge in [0.15, 0.2) is 17.4 Å². The molecule has 0 fully saturated rings. The minimum Gasteiger partial charge on any atom is -0.491 e. The zero-order valence-corrected chi connectivity index (χ0v) is 6.96. The Morgan fingerprint density at radius 1 is 1.25 bits per heavy atom. The summed E-state index contributed by atoms with van der Waals surface area (Å²) >= 11 is 3.51. The summed E-state index contributed by atoms with van der Waals surface area (Å²) in [6.45, 7) is 0. The summed E-state index contributed by atoms with van der Waals surface area (Å²) in [4.78, 5) is -0.384. The van der Waals surface area contributed by atoms with E-state index in [0.717, 1.165) is 13.2 Å². The maximum Gasteiger partial charge on any atom is 0.204 e. The van der Waals surface area contributed by atoms with Gasteiger partial charge in [-0.05, 0) is 6.07 Å². The Balaban J connectivity index is 3.40. The molecular formula is C7H5F3OS. The number of thiol groups is 1. The third kappa shape index (κ3) is 1.36. The molecule has 0 N–H and O–H groups in total. The van der Waals surface area contributed by atoms with Crippen molar-refractivity contribution in [2.45, 2.75) is 4.90 Å². The van der Waals surface area contributed by atoms with Crippen molar-refractivity contribution in [1.29, 1.82) is 0 Å². The molecule has 0 unspecified atom stereocenters. The van der Waals surface area contributed by atoms with Gasteiger partial charge in [0.25, 0.3) is 0 Å². The number of rotatable bonds is 1. The highest BCUT2D eigenvalue weighted by atomic mass is 32.1. The van der Waals surface area contributed by atoms with Gasteiger partial charge in [0.2, 0.25) is 5.82 Å². The second-order valence-electron chi connectivity index (χ2n) is 2.04. The van der Waals surface area contributed by atoms with Crippen LogP contribution in [0.25, 0.3) is 0 Å². The predicted molar refractivity (Wildman–Crippen MR) is 40.1 cm³/mol. The zero-order valence-electron chi connectivity index (χ0n) is 6.07. The molecule has 0 saturated heterocycles. The van der Waals surface area contributed by atoms with E-state index in [1.165, 1.54) is 0 Å². The summed E-state index contributed by atoms with van der Waals surface area (Å²) in [5, 5.41) is 0. The Morgan fingerprint density at radius 2 is 1.83 bits per heavy atom. The van der Waals surface area contributed by atoms with Gasteiger partial charge in [0.1, 0.15) is 0 Å². The minimum absolute atomic E-state index is 0.384. The summed E-state index contributed by atoms with van der Waals surface area (Å²) in [7, 11) is 1.05. The van der Waals surface area contributed by atoms with E-state index in [4.69, 9.17) is 0 Å². The molecule has 66 valence electrons. The highest BCUT2D eigenvalue weighted by Crippen LogP contribution is 2.27. The molecule has 0 heterocycles. The number of ether oxygens (including phenoxy) is 1. The Labute approximate surface area is 72.6 Å². The van der Waals surface area contributed by atoms with Gasteiger partial charge >= 0.3 is 0 Å². The lowest BCUT2D eigenvalue weighted by molar-refractivity contribution is 0.342. The monoisotopic (exact) mass is 194 g/mol. The van der Waals surface area contributed by atoms with Gasteiger partial charge in [-0.2, -0.15) is 4.39 Å². The zero-order chi connectivity index (χ0) is 9.30. The summed E-state index contributed by atoms with van der Waals surface area (Å²) in [6.07, 6.45) is 0. The molecule has 1 rings (SSSR count). The summed E-state index contributed by atoms with van der Waals surface area (Å²) in [5.41, 5.74) is 0. The van der Waals surface area contributed by atoms with Crippen LogP contribution in [-0.4, -0.2) is 7.11 Å². The molecule has 1 aromatic carbocycles. The largest absolute Gasteiger partial charge is 0.491 e. The lowest BCUT2D eigenvalue weighted by Crippen LogP contribution is -1.96. The minimum atomic E-state index is -1.36. The fraction of sp³-hybridized carbons (Fsp3) is 0.143. The lowest BCUT2D eigenvalue weighted by atomic mass is 10.3. The molecule has 0 radical (unpaired) electrons. The molecule has 1 nitrogen and oxygen atoms in total. The Hall–Kier alpha value is -0.840. The van der Waals surface area contributed by atoms with E-state index in [0.29, 0.717) is 0 Å². The van der Waals surface area contributed by atoms with E-state index in [-0.39, 0.29) is 4.90 Å². The van der Waals surface area contributed by atoms with E-state index in [9.17, 15) is 13.2 Å². The highest BCUT2D eigenvalue weighted by Gasteiger charge is 2.17. The van der Waals surface area contributed by atoms with E-state index in [1.807, 2.05) is 0 Å². The molecule has 1 aromatic rings. The first kappa shape index (κ1) is 9.25. The number of methoxy groups -OCH3 is 1. The molecular weight excluding hydrogens is 189 g/mol. The SMILES string of the molecule is COc1c(F)cc(S)c(F)c1F. The lowest BCUT2D eigenvalue weighted by Gasteiger charge is -2.04. The topological polar surface area (TPSA) is 9.23 Å². The first-order valence-corrected chi connectivity index (χ1v) is 3.43. The van der Waals surface area contributed by atoms with Gasteiger partial charge in [-0.25, -0.2) is 8.78 Å². The molecule has 0 aliphatic heterocycles. The van der Waals surface area contributed by atoms with Gasteiger partial charge < -0.3 is 4.74 Å². The smallest absolute Gasteiger partial charge is 0.204 e. The molecule has 0 saturated carbocycles. The molecule has 0 bridgehead atoms. The van der Waals surface area contributed by atoms with Crippen LogP contribution in [0.3, 0.4) is 0 Å². The van der Waals surface area contributed by atoms with Crippen molar-refractivity contribution in [3.05, 3.63) is 23.5 Å². The Kier molecular flexibility index (Phi) is 2.52. The summed E-state index contributed by atoms with van der Waals surface area (Å²) < 4.78 is 42.4. The van der Waals surface area contributed by atoms with E-state index >= 15 is 0 Å². The second-order valence-corrected chi connectivity index (χ2v) is 2.52. The third-order valence-corrected chi connectivity index (χ3v) is 1.63. The number of benzene rings is 1. The standard InChI is InChI=1S/C7H5F3OS/c1-11-7-3(8)2-4(12)5(9)6(7)10/h2,12H,1H3. The van der Waals surface area contributed by atoms with Crippen molar-refractivity contribution in [2.24, 2.45) is 0 Å². The van der Waals surface area contributed by atoms with Gasteiger partial charge in [-0.15, -0.1) is 12.6 Å². The van der Waals surface area contributed by atoms with Crippen LogP contribution in [0.5, 0.6) is 5.75 Å². The first-order valence-electron chi connectivity index (χ1n) is 2.98. The molecule has 0 spiro atoms. The third-order valence-electron chi connectivity index (χ3n) is 1.30. The van der Waals surface area contributed by atoms with Crippen LogP contribution in [0.1, 0.15) is 0 Å². The quantitative estimate of drug-likeness (QED) is 0.533. The van der Waals surface area contributed by atoms with Crippen molar-refractivity contribution < 1.29 is 17.9 Å². The van der Waals surface area contributed by atoms with Gasteiger partial charge in [0.05, 0.1) is 7.11 Å². The van der Waals surface area contributed by atoms with Gasteiger partial charge in [0, 0.05) is 4.90 Å². The molecule has 5 heteroatoms. The number of halogens is 3. The van der Waals surface area contributed by atoms with Crippen molar-refractivity contribution in [3.8, 4) is 5.75 Å². The number of hydrogen-bond donors (Lipinski definition) is 1. The molecule has 12 heavy (non-hydrogen) atoms. The van der Waals surface area contributed by atoms with E-state index < -0.39 is 23.2 Å². The van der Waals surface area contributed by atoms with Crippen LogP contribution < -0.4 is 4.74 Å². The van der Waals surface area contributed by atoms with Crippen LogP contribution in [0.15, 0.2) is 11.0 Å². The molecule has 0 aliphatic rings. The van der Waals surface area contributed by atoms with Crippen LogP contribution >= 0.6 is 12.6 Å². The van der Waals surface area contributed by atoms with Crippen molar-refractivity contribution in [3.63, 3.8) is 0 Å². The summed E-state index contributed by atoms with van der Waals surface area (Å²) in [5.74, 6) is -4.27. The Morgan fingerprint density at radius 3 is 2.33 bits per heavy atom. The van der Waals surface area contributed by atoms with Crippen LogP contribution in [0, 0.1) is 17.5 Å². The maximum atomic E-state index is 12.7. The fourth-order valence-electron chi connectivity index (χ4n) is 0.753. The second kappa shape index (κ2) is 3.26. The van der Waals surface area contributed by atoms with Crippen LogP contribution in [-0.2, 0) is 0 Å². The molecule has 0 amide bonds. The maximum absolute atomic E-state index is 12.7.